The summed E-state index contributed by atoms with van der Waals surface area (Å²) in [6.07, 6.45) is 1.87. The number of anilines is 1. The van der Waals surface area contributed by atoms with Gasteiger partial charge in [0.1, 0.15) is 5.82 Å². The fourth-order valence-corrected chi connectivity index (χ4v) is 2.12. The number of hydrogen-bond donors (Lipinski definition) is 1. The van der Waals surface area contributed by atoms with E-state index in [9.17, 15) is 13.2 Å². The van der Waals surface area contributed by atoms with Crippen LogP contribution in [-0.4, -0.2) is 21.5 Å². The van der Waals surface area contributed by atoms with E-state index in [-0.39, 0.29) is 11.6 Å². The van der Waals surface area contributed by atoms with Gasteiger partial charge in [-0.15, -0.1) is 0 Å². The highest BCUT2D eigenvalue weighted by atomic mass is 19.4. The van der Waals surface area contributed by atoms with Crippen molar-refractivity contribution in [3.05, 3.63) is 36.3 Å². The molecule has 3 rings (SSSR count). The lowest BCUT2D eigenvalue weighted by Crippen LogP contribution is -2.12. The number of alkyl halides is 3. The van der Waals surface area contributed by atoms with E-state index in [2.05, 4.69) is 20.3 Å². The molecule has 1 N–H and O–H groups in total. The largest absolute Gasteiger partial charge is 0.433 e. The molecule has 1 saturated carbocycles. The van der Waals surface area contributed by atoms with E-state index in [4.69, 9.17) is 0 Å². The zero-order valence-electron chi connectivity index (χ0n) is 11.8. The molecule has 4 nitrogen and oxygen atoms in total. The molecule has 2 aromatic heterocycles. The minimum Gasteiger partial charge on any atom is -0.370 e. The van der Waals surface area contributed by atoms with Crippen LogP contribution < -0.4 is 5.32 Å². The van der Waals surface area contributed by atoms with Crippen LogP contribution in [0.25, 0.3) is 11.4 Å². The molecule has 0 aliphatic heterocycles. The van der Waals surface area contributed by atoms with E-state index in [1.54, 1.807) is 12.1 Å². The minimum atomic E-state index is -4.50. The maximum absolute atomic E-state index is 13.0. The number of aromatic nitrogens is 3. The molecule has 0 spiro atoms. The summed E-state index contributed by atoms with van der Waals surface area (Å²) in [6.45, 7) is 0.620. The Kier molecular flexibility index (Phi) is 3.96. The van der Waals surface area contributed by atoms with Crippen molar-refractivity contribution >= 4 is 5.82 Å². The van der Waals surface area contributed by atoms with Crippen LogP contribution in [0.1, 0.15) is 25.0 Å². The average molecular weight is 308 g/mol. The SMILES string of the molecule is FC(F)(F)c1cc(NCCC2CC2)nc(-c2ccncc2)n1. The van der Waals surface area contributed by atoms with Crippen LogP contribution in [0.3, 0.4) is 0 Å². The van der Waals surface area contributed by atoms with Crippen LogP contribution in [0.5, 0.6) is 0 Å². The summed E-state index contributed by atoms with van der Waals surface area (Å²) >= 11 is 0. The van der Waals surface area contributed by atoms with Gasteiger partial charge < -0.3 is 5.32 Å². The summed E-state index contributed by atoms with van der Waals surface area (Å²) in [5, 5.41) is 2.97. The standard InChI is InChI=1S/C15H15F3N4/c16-15(17,18)12-9-13(20-8-3-10-1-2-10)22-14(21-12)11-4-6-19-7-5-11/h4-7,9-10H,1-3,8H2,(H,20,21,22). The Bertz CT molecular complexity index is 639. The van der Waals surface area contributed by atoms with Gasteiger partial charge in [0.25, 0.3) is 0 Å². The first kappa shape index (κ1) is 14.7. The molecular formula is C15H15F3N4. The summed E-state index contributed by atoms with van der Waals surface area (Å²) in [6, 6.07) is 4.13. The van der Waals surface area contributed by atoms with Crippen molar-refractivity contribution in [2.45, 2.75) is 25.4 Å². The zero-order chi connectivity index (χ0) is 15.6. The fourth-order valence-electron chi connectivity index (χ4n) is 2.12. The van der Waals surface area contributed by atoms with E-state index in [1.807, 2.05) is 0 Å². The van der Waals surface area contributed by atoms with Crippen LogP contribution >= 0.6 is 0 Å². The predicted octanol–water partition coefficient (Wildman–Crippen LogP) is 3.77. The van der Waals surface area contributed by atoms with Crippen LogP contribution in [0.2, 0.25) is 0 Å². The van der Waals surface area contributed by atoms with Crippen LogP contribution in [0, 0.1) is 5.92 Å². The number of hydrogen-bond acceptors (Lipinski definition) is 4. The lowest BCUT2D eigenvalue weighted by Gasteiger charge is -2.12. The quantitative estimate of drug-likeness (QED) is 0.913. The van der Waals surface area contributed by atoms with Crippen molar-refractivity contribution in [1.29, 1.82) is 0 Å². The van der Waals surface area contributed by atoms with E-state index < -0.39 is 11.9 Å². The number of pyridine rings is 1. The topological polar surface area (TPSA) is 50.7 Å². The van der Waals surface area contributed by atoms with Crippen molar-refractivity contribution in [2.24, 2.45) is 5.92 Å². The van der Waals surface area contributed by atoms with Crippen molar-refractivity contribution in [2.75, 3.05) is 11.9 Å². The summed E-state index contributed by atoms with van der Waals surface area (Å²) < 4.78 is 39.0. The smallest absolute Gasteiger partial charge is 0.370 e. The molecule has 0 unspecified atom stereocenters. The van der Waals surface area contributed by atoms with Gasteiger partial charge in [-0.25, -0.2) is 9.97 Å². The second-order valence-electron chi connectivity index (χ2n) is 5.35. The first-order valence-corrected chi connectivity index (χ1v) is 7.13. The average Bonchev–Trinajstić information content (AvgIpc) is 3.31. The van der Waals surface area contributed by atoms with E-state index in [1.165, 1.54) is 25.2 Å². The van der Waals surface area contributed by atoms with E-state index in [0.717, 1.165) is 12.5 Å². The van der Waals surface area contributed by atoms with Crippen molar-refractivity contribution < 1.29 is 13.2 Å². The van der Waals surface area contributed by atoms with Gasteiger partial charge in [0, 0.05) is 30.6 Å². The summed E-state index contributed by atoms with van der Waals surface area (Å²) in [7, 11) is 0. The Labute approximate surface area is 125 Å². The summed E-state index contributed by atoms with van der Waals surface area (Å²) in [5.74, 6) is 0.956. The van der Waals surface area contributed by atoms with Gasteiger partial charge in [-0.3, -0.25) is 4.98 Å². The highest BCUT2D eigenvalue weighted by molar-refractivity contribution is 5.57. The third-order valence-electron chi connectivity index (χ3n) is 3.51. The molecule has 1 aliphatic rings. The molecule has 0 bridgehead atoms. The van der Waals surface area contributed by atoms with Crippen LogP contribution in [0.15, 0.2) is 30.6 Å². The Morgan fingerprint density at radius 3 is 2.50 bits per heavy atom. The molecule has 1 fully saturated rings. The van der Waals surface area contributed by atoms with Gasteiger partial charge in [-0.1, -0.05) is 12.8 Å². The molecule has 2 aromatic rings. The summed E-state index contributed by atoms with van der Waals surface area (Å²) in [4.78, 5) is 11.7. The number of rotatable bonds is 5. The van der Waals surface area contributed by atoms with Gasteiger partial charge in [0.05, 0.1) is 0 Å². The normalized spacial score (nSPS) is 14.9. The van der Waals surface area contributed by atoms with Crippen LogP contribution in [-0.2, 0) is 6.18 Å². The highest BCUT2D eigenvalue weighted by Crippen LogP contribution is 2.33. The van der Waals surface area contributed by atoms with Gasteiger partial charge in [-0.05, 0) is 24.5 Å². The highest BCUT2D eigenvalue weighted by Gasteiger charge is 2.34. The molecular weight excluding hydrogens is 293 g/mol. The first-order chi connectivity index (χ1) is 10.5. The molecule has 0 radical (unpaired) electrons. The van der Waals surface area contributed by atoms with Crippen molar-refractivity contribution in [3.8, 4) is 11.4 Å². The van der Waals surface area contributed by atoms with Crippen LogP contribution in [0.4, 0.5) is 19.0 Å². The van der Waals surface area contributed by atoms with Gasteiger partial charge in [0.15, 0.2) is 11.5 Å². The zero-order valence-corrected chi connectivity index (χ0v) is 11.8. The van der Waals surface area contributed by atoms with Gasteiger partial charge in [0.2, 0.25) is 0 Å². The summed E-state index contributed by atoms with van der Waals surface area (Å²) in [5.41, 5.74) is -0.436. The van der Waals surface area contributed by atoms with E-state index >= 15 is 0 Å². The van der Waals surface area contributed by atoms with E-state index in [0.29, 0.717) is 18.0 Å². The number of nitrogens with zero attached hydrogens (tertiary/aromatic N) is 3. The number of halogens is 3. The molecule has 0 amide bonds. The monoisotopic (exact) mass is 308 g/mol. The molecule has 2 heterocycles. The van der Waals surface area contributed by atoms with Gasteiger partial charge >= 0.3 is 6.18 Å². The minimum absolute atomic E-state index is 0.0474. The predicted molar refractivity (Wildman–Crippen MR) is 76.1 cm³/mol. The molecule has 0 atom stereocenters. The molecule has 0 saturated heterocycles. The molecule has 22 heavy (non-hydrogen) atoms. The third-order valence-corrected chi connectivity index (χ3v) is 3.51. The second kappa shape index (κ2) is 5.90. The first-order valence-electron chi connectivity index (χ1n) is 7.13. The second-order valence-corrected chi connectivity index (χ2v) is 5.35. The van der Waals surface area contributed by atoms with Gasteiger partial charge in [-0.2, -0.15) is 13.2 Å². The molecule has 1 aliphatic carbocycles. The van der Waals surface area contributed by atoms with Crippen molar-refractivity contribution in [1.82, 2.24) is 15.0 Å². The lowest BCUT2D eigenvalue weighted by molar-refractivity contribution is -0.141. The maximum atomic E-state index is 13.0. The fraction of sp³-hybridized carbons (Fsp3) is 0.400. The Morgan fingerprint density at radius 2 is 1.86 bits per heavy atom. The third kappa shape index (κ3) is 3.72. The Morgan fingerprint density at radius 1 is 1.14 bits per heavy atom. The Hall–Kier alpha value is -2.18. The maximum Gasteiger partial charge on any atom is 0.433 e. The molecule has 0 aromatic carbocycles. The molecule has 116 valence electrons. The number of nitrogens with one attached hydrogen (secondary N) is 1. The Balaban J connectivity index is 1.87. The molecule has 7 heteroatoms. The van der Waals surface area contributed by atoms with Crippen molar-refractivity contribution in [3.63, 3.8) is 0 Å². The lowest BCUT2D eigenvalue weighted by atomic mass is 10.2.